The Bertz CT molecular complexity index is 418. The molecule has 0 radical (unpaired) electrons. The van der Waals surface area contributed by atoms with Gasteiger partial charge in [0, 0.05) is 5.41 Å². The number of aryl methyl sites for hydroxylation is 1. The predicted molar refractivity (Wildman–Crippen MR) is 67.5 cm³/mol. The second-order valence-electron chi connectivity index (χ2n) is 5.34. The van der Waals surface area contributed by atoms with E-state index in [4.69, 9.17) is 0 Å². The van der Waals surface area contributed by atoms with Crippen LogP contribution in [0.4, 0.5) is 0 Å². The Hall–Kier alpha value is -1.08. The van der Waals surface area contributed by atoms with Crippen molar-refractivity contribution in [3.05, 3.63) is 47.5 Å². The van der Waals surface area contributed by atoms with Gasteiger partial charge in [-0.05, 0) is 37.8 Å². The van der Waals surface area contributed by atoms with E-state index in [1.165, 1.54) is 11.1 Å². The Morgan fingerprint density at radius 3 is 2.19 bits per heavy atom. The van der Waals surface area contributed by atoms with Crippen molar-refractivity contribution in [2.45, 2.75) is 44.6 Å². The van der Waals surface area contributed by atoms with Gasteiger partial charge in [0.05, 0.1) is 5.60 Å². The fraction of sp³-hybridized carbons (Fsp3) is 0.467. The Kier molecular flexibility index (Phi) is 2.47. The molecule has 0 aliphatic heterocycles. The molecular weight excluding hydrogens is 196 g/mol. The van der Waals surface area contributed by atoms with E-state index in [2.05, 4.69) is 44.7 Å². The zero-order chi connectivity index (χ0) is 12.0. The van der Waals surface area contributed by atoms with Crippen LogP contribution >= 0.6 is 0 Å². The summed E-state index contributed by atoms with van der Waals surface area (Å²) in [7, 11) is 0. The molecule has 0 spiro atoms. The molecule has 1 aromatic carbocycles. The van der Waals surface area contributed by atoms with Gasteiger partial charge < -0.3 is 5.11 Å². The normalized spacial score (nSPS) is 33.2. The molecule has 2 atom stereocenters. The van der Waals surface area contributed by atoms with Gasteiger partial charge in [0.15, 0.2) is 0 Å². The molecule has 1 nitrogen and oxygen atoms in total. The summed E-state index contributed by atoms with van der Waals surface area (Å²) in [5.74, 6) is 0. The molecule has 1 N–H and O–H groups in total. The third-order valence-electron chi connectivity index (χ3n) is 4.29. The summed E-state index contributed by atoms with van der Waals surface area (Å²) >= 11 is 0. The Morgan fingerprint density at radius 2 is 1.81 bits per heavy atom. The van der Waals surface area contributed by atoms with Crippen molar-refractivity contribution in [2.24, 2.45) is 0 Å². The van der Waals surface area contributed by atoms with Crippen molar-refractivity contribution >= 4 is 0 Å². The first-order valence-electron chi connectivity index (χ1n) is 5.86. The molecule has 0 amide bonds. The lowest BCUT2D eigenvalue weighted by Crippen LogP contribution is -2.59. The highest BCUT2D eigenvalue weighted by Gasteiger charge is 2.56. The van der Waals surface area contributed by atoms with E-state index >= 15 is 0 Å². The van der Waals surface area contributed by atoms with E-state index in [1.807, 2.05) is 6.92 Å². The minimum absolute atomic E-state index is 0.160. The number of aliphatic hydroxyl groups is 1. The molecule has 2 rings (SSSR count). The first-order chi connectivity index (χ1) is 7.40. The van der Waals surface area contributed by atoms with Gasteiger partial charge in [0.25, 0.3) is 0 Å². The Balaban J connectivity index is 2.40. The molecular formula is C15H20O. The summed E-state index contributed by atoms with van der Waals surface area (Å²) in [6.45, 7) is 10.1. The van der Waals surface area contributed by atoms with E-state index in [1.54, 1.807) is 0 Å². The molecule has 1 aliphatic carbocycles. The summed E-state index contributed by atoms with van der Waals surface area (Å²) in [6, 6.07) is 8.47. The number of hydrogen-bond donors (Lipinski definition) is 1. The van der Waals surface area contributed by atoms with Crippen LogP contribution in [0.1, 0.15) is 37.8 Å². The van der Waals surface area contributed by atoms with Crippen LogP contribution in [0.25, 0.3) is 0 Å². The van der Waals surface area contributed by atoms with Crippen molar-refractivity contribution < 1.29 is 5.11 Å². The topological polar surface area (TPSA) is 20.2 Å². The van der Waals surface area contributed by atoms with Gasteiger partial charge in [-0.3, -0.25) is 0 Å². The zero-order valence-corrected chi connectivity index (χ0v) is 10.4. The van der Waals surface area contributed by atoms with Crippen LogP contribution in [0.5, 0.6) is 0 Å². The molecule has 0 bridgehead atoms. The standard InChI is InChI=1S/C15H20O/c1-11(2)15(16)10-9-14(15,4)13-7-5-12(3)6-8-13/h5-8,16H,1,9-10H2,2-4H3. The summed E-state index contributed by atoms with van der Waals surface area (Å²) in [5, 5.41) is 10.6. The van der Waals surface area contributed by atoms with E-state index < -0.39 is 5.60 Å². The zero-order valence-electron chi connectivity index (χ0n) is 10.4. The van der Waals surface area contributed by atoms with E-state index in [0.29, 0.717) is 0 Å². The third-order valence-corrected chi connectivity index (χ3v) is 4.29. The van der Waals surface area contributed by atoms with Crippen LogP contribution in [0.15, 0.2) is 36.4 Å². The van der Waals surface area contributed by atoms with Gasteiger partial charge in [-0.2, -0.15) is 0 Å². The molecule has 1 aromatic rings. The highest BCUT2D eigenvalue weighted by atomic mass is 16.3. The monoisotopic (exact) mass is 216 g/mol. The summed E-state index contributed by atoms with van der Waals surface area (Å²) in [6.07, 6.45) is 1.85. The molecule has 0 aromatic heterocycles. The molecule has 0 saturated heterocycles. The maximum Gasteiger partial charge on any atom is 0.0945 e. The highest BCUT2D eigenvalue weighted by molar-refractivity contribution is 5.40. The lowest BCUT2D eigenvalue weighted by atomic mass is 9.52. The maximum absolute atomic E-state index is 10.6. The fourth-order valence-corrected chi connectivity index (χ4v) is 2.73. The van der Waals surface area contributed by atoms with Gasteiger partial charge in [-0.1, -0.05) is 43.3 Å². The summed E-state index contributed by atoms with van der Waals surface area (Å²) in [4.78, 5) is 0. The van der Waals surface area contributed by atoms with Crippen LogP contribution in [0, 0.1) is 6.92 Å². The van der Waals surface area contributed by atoms with E-state index in [0.717, 1.165) is 18.4 Å². The van der Waals surface area contributed by atoms with Crippen LogP contribution in [0.3, 0.4) is 0 Å². The number of benzene rings is 1. The average Bonchev–Trinajstić information content (AvgIpc) is 2.26. The van der Waals surface area contributed by atoms with Crippen molar-refractivity contribution in [3.8, 4) is 0 Å². The smallest absolute Gasteiger partial charge is 0.0945 e. The van der Waals surface area contributed by atoms with Crippen molar-refractivity contribution in [3.63, 3.8) is 0 Å². The minimum Gasteiger partial charge on any atom is -0.385 e. The second kappa shape index (κ2) is 3.46. The van der Waals surface area contributed by atoms with Gasteiger partial charge in [0.2, 0.25) is 0 Å². The molecule has 2 unspecified atom stereocenters. The van der Waals surface area contributed by atoms with E-state index in [9.17, 15) is 5.11 Å². The van der Waals surface area contributed by atoms with Crippen molar-refractivity contribution in [1.29, 1.82) is 0 Å². The van der Waals surface area contributed by atoms with Gasteiger partial charge in [-0.15, -0.1) is 0 Å². The lowest BCUT2D eigenvalue weighted by molar-refractivity contribution is -0.0788. The van der Waals surface area contributed by atoms with Crippen molar-refractivity contribution in [2.75, 3.05) is 0 Å². The first-order valence-corrected chi connectivity index (χ1v) is 5.86. The minimum atomic E-state index is -0.720. The maximum atomic E-state index is 10.6. The van der Waals surface area contributed by atoms with Gasteiger partial charge >= 0.3 is 0 Å². The van der Waals surface area contributed by atoms with Crippen LogP contribution in [0.2, 0.25) is 0 Å². The molecule has 0 heterocycles. The molecule has 86 valence electrons. The molecule has 16 heavy (non-hydrogen) atoms. The Morgan fingerprint density at radius 1 is 1.25 bits per heavy atom. The third kappa shape index (κ3) is 1.35. The SMILES string of the molecule is C=C(C)C1(O)CCC1(C)c1ccc(C)cc1. The second-order valence-corrected chi connectivity index (χ2v) is 5.34. The lowest BCUT2D eigenvalue weighted by Gasteiger charge is -2.55. The summed E-state index contributed by atoms with van der Waals surface area (Å²) < 4.78 is 0. The molecule has 1 aliphatic rings. The number of rotatable bonds is 2. The quantitative estimate of drug-likeness (QED) is 0.752. The van der Waals surface area contributed by atoms with E-state index in [-0.39, 0.29) is 5.41 Å². The van der Waals surface area contributed by atoms with Crippen molar-refractivity contribution in [1.82, 2.24) is 0 Å². The Labute approximate surface area is 97.8 Å². The van der Waals surface area contributed by atoms with Gasteiger partial charge in [0.1, 0.15) is 0 Å². The molecule has 1 fully saturated rings. The summed E-state index contributed by atoms with van der Waals surface area (Å²) in [5.41, 5.74) is 2.47. The predicted octanol–water partition coefficient (Wildman–Crippen LogP) is 3.35. The number of hydrogen-bond acceptors (Lipinski definition) is 1. The van der Waals surface area contributed by atoms with Gasteiger partial charge in [-0.25, -0.2) is 0 Å². The van der Waals surface area contributed by atoms with Crippen LogP contribution in [-0.4, -0.2) is 10.7 Å². The largest absolute Gasteiger partial charge is 0.385 e. The molecule has 1 heteroatoms. The average molecular weight is 216 g/mol. The fourth-order valence-electron chi connectivity index (χ4n) is 2.73. The first kappa shape index (κ1) is 11.4. The van der Waals surface area contributed by atoms with Crippen LogP contribution in [-0.2, 0) is 5.41 Å². The highest BCUT2D eigenvalue weighted by Crippen LogP contribution is 2.54. The molecule has 1 saturated carbocycles. The van der Waals surface area contributed by atoms with Crippen LogP contribution < -0.4 is 0 Å².